The molecule has 0 atom stereocenters. The normalized spacial score (nSPS) is 12.2. The van der Waals surface area contributed by atoms with E-state index in [9.17, 15) is 28.8 Å². The molecule has 654 valence electrons. The van der Waals surface area contributed by atoms with Crippen molar-refractivity contribution in [3.63, 3.8) is 0 Å². The molecule has 0 bridgehead atoms. The summed E-state index contributed by atoms with van der Waals surface area (Å²) in [6.45, 7) is 63.3. The number of hydrogen-bond donors (Lipinski definition) is 7. The van der Waals surface area contributed by atoms with Crippen molar-refractivity contribution in [3.8, 4) is 0 Å². The zero-order valence-corrected chi connectivity index (χ0v) is 80.2. The third kappa shape index (κ3) is 35.1. The molecule has 0 aliphatic rings. The molecule has 0 aliphatic heterocycles. The number of ether oxygens (including phenoxy) is 6. The van der Waals surface area contributed by atoms with E-state index in [-0.39, 0.29) is 65.1 Å². The van der Waals surface area contributed by atoms with Gasteiger partial charge < -0.3 is 90.6 Å². The average molecular weight is 1720 g/mol. The SMILES string of the molecule is CCN(C)CCOCCNc1c(C(C)(C)C)c(=S)c1=O.CCN(CC)CCOCCNc1c(C(C)(C)C)c(=S)c1=O.CN(C)CCOCCNc1c(C(C)(C)C)c(=S)c1=O.CN(CCOCCN)c1c(C(C)(C)C)c(=S)c1=O.CNCCOCCN(C)c1c(C(C)(C)C)c(=S)c1=O.CNCCOCCNc1c(C(C)(C)C)c(=S)c1=O. The van der Waals surface area contributed by atoms with E-state index in [4.69, 9.17) is 107 Å². The summed E-state index contributed by atoms with van der Waals surface area (Å²) in [5, 5.41) is 18.6. The van der Waals surface area contributed by atoms with Gasteiger partial charge in [-0.2, -0.15) is 0 Å². The molecule has 0 fully saturated rings. The molecule has 0 aliphatic carbocycles. The van der Waals surface area contributed by atoms with Gasteiger partial charge in [0.15, 0.2) is 0 Å². The van der Waals surface area contributed by atoms with Gasteiger partial charge in [-0.3, -0.25) is 28.8 Å². The van der Waals surface area contributed by atoms with Gasteiger partial charge in [0.25, 0.3) is 0 Å². The zero-order chi connectivity index (χ0) is 88.3. The first-order valence-electron chi connectivity index (χ1n) is 40.3. The Bertz CT molecular complexity index is 4310. The summed E-state index contributed by atoms with van der Waals surface area (Å²) in [5.74, 6) is 0. The fourth-order valence-electron chi connectivity index (χ4n) is 12.0. The Morgan fingerprint density at radius 1 is 0.304 bits per heavy atom. The van der Waals surface area contributed by atoms with Crippen LogP contribution in [0.25, 0.3) is 0 Å². The van der Waals surface area contributed by atoms with Crippen LogP contribution < -0.4 is 80.0 Å². The van der Waals surface area contributed by atoms with E-state index in [1.165, 1.54) is 0 Å². The van der Waals surface area contributed by atoms with Crippen LogP contribution in [0.15, 0.2) is 28.8 Å². The van der Waals surface area contributed by atoms with E-state index >= 15 is 0 Å². The Hall–Kier alpha value is -4.68. The lowest BCUT2D eigenvalue weighted by Crippen LogP contribution is -2.36. The van der Waals surface area contributed by atoms with Crippen molar-refractivity contribution in [3.05, 3.63) is 122 Å². The first-order valence-corrected chi connectivity index (χ1v) is 42.7. The van der Waals surface area contributed by atoms with Gasteiger partial charge in [-0.25, -0.2) is 0 Å². The number of anilines is 6. The molecular weight excluding hydrogens is 1570 g/mol. The molecule has 0 saturated heterocycles. The van der Waals surface area contributed by atoms with Gasteiger partial charge in [-0.1, -0.05) is 219 Å². The highest BCUT2D eigenvalue weighted by atomic mass is 32.1. The molecule has 0 amide bonds. The topological polar surface area (TPSA) is 272 Å². The van der Waals surface area contributed by atoms with Gasteiger partial charge in [0.05, 0.1) is 140 Å². The van der Waals surface area contributed by atoms with E-state index in [1.54, 1.807) is 0 Å². The minimum absolute atomic E-state index is 0.00218. The van der Waals surface area contributed by atoms with Crippen LogP contribution in [-0.4, -0.2) is 241 Å². The van der Waals surface area contributed by atoms with Crippen LogP contribution in [0.5, 0.6) is 0 Å². The Labute approximate surface area is 719 Å². The van der Waals surface area contributed by atoms with Crippen LogP contribution >= 0.6 is 73.3 Å². The maximum atomic E-state index is 11.9. The molecule has 24 nitrogen and oxygen atoms in total. The molecule has 8 N–H and O–H groups in total. The van der Waals surface area contributed by atoms with E-state index in [0.717, 1.165) is 104 Å². The summed E-state index contributed by atoms with van der Waals surface area (Å²) in [4.78, 5) is 81.2. The Morgan fingerprint density at radius 2 is 0.539 bits per heavy atom. The lowest BCUT2D eigenvalue weighted by atomic mass is 9.82. The van der Waals surface area contributed by atoms with Crippen molar-refractivity contribution in [1.82, 2.24) is 25.3 Å². The van der Waals surface area contributed by atoms with Crippen LogP contribution in [-0.2, 0) is 60.9 Å². The summed E-state index contributed by atoms with van der Waals surface area (Å²) < 4.78 is 35.7. The van der Waals surface area contributed by atoms with E-state index in [2.05, 4.69) is 199 Å². The number of hydrogen-bond acceptors (Lipinski definition) is 30. The maximum absolute atomic E-state index is 11.9. The molecule has 30 heteroatoms. The number of likely N-dealkylation sites (N-methyl/N-ethyl adjacent to an activating group) is 7. The molecule has 6 rings (SSSR count). The minimum Gasteiger partial charge on any atom is -0.379 e. The third-order valence-electron chi connectivity index (χ3n) is 18.6. The molecule has 0 spiro atoms. The van der Waals surface area contributed by atoms with Crippen LogP contribution in [0.4, 0.5) is 34.1 Å². The fourth-order valence-corrected chi connectivity index (χ4v) is 15.0. The van der Waals surface area contributed by atoms with E-state index in [1.807, 2.05) is 52.1 Å². The second kappa shape index (κ2) is 51.8. The van der Waals surface area contributed by atoms with Gasteiger partial charge in [0.2, 0.25) is 32.6 Å². The highest BCUT2D eigenvalue weighted by molar-refractivity contribution is 7.72. The van der Waals surface area contributed by atoms with Crippen LogP contribution in [0.1, 0.15) is 179 Å². The third-order valence-corrected chi connectivity index (χ3v) is 20.9. The summed E-state index contributed by atoms with van der Waals surface area (Å²) in [6, 6.07) is 0. The predicted molar refractivity (Wildman–Crippen MR) is 500 cm³/mol. The van der Waals surface area contributed by atoms with Gasteiger partial charge >= 0.3 is 0 Å². The molecule has 6 aromatic carbocycles. The highest BCUT2D eigenvalue weighted by Gasteiger charge is 2.34. The Morgan fingerprint density at radius 3 is 0.783 bits per heavy atom. The first kappa shape index (κ1) is 108. The van der Waals surface area contributed by atoms with E-state index in [0.29, 0.717) is 168 Å². The molecule has 0 aromatic heterocycles. The minimum atomic E-state index is -0.0906. The molecule has 0 unspecified atom stereocenters. The van der Waals surface area contributed by atoms with Crippen LogP contribution in [0.2, 0.25) is 0 Å². The van der Waals surface area contributed by atoms with Gasteiger partial charge in [-0.05, 0) is 87.4 Å². The lowest BCUT2D eigenvalue weighted by Gasteiger charge is -2.30. The highest BCUT2D eigenvalue weighted by Crippen LogP contribution is 2.36. The van der Waals surface area contributed by atoms with Crippen molar-refractivity contribution in [2.75, 3.05) is 258 Å². The summed E-state index contributed by atoms with van der Waals surface area (Å²) in [6.07, 6.45) is 0. The van der Waals surface area contributed by atoms with Crippen molar-refractivity contribution in [1.29, 1.82) is 0 Å². The zero-order valence-electron chi connectivity index (χ0n) is 75.3. The smallest absolute Gasteiger partial charge is 0.220 e. The van der Waals surface area contributed by atoms with Gasteiger partial charge in [0, 0.05) is 126 Å². The number of rotatable bonds is 44. The molecular formula is C85H146N12O12S6. The molecule has 0 saturated carbocycles. The van der Waals surface area contributed by atoms with Crippen molar-refractivity contribution in [2.24, 2.45) is 5.73 Å². The summed E-state index contributed by atoms with van der Waals surface area (Å²) in [7, 11) is 13.7. The van der Waals surface area contributed by atoms with Crippen molar-refractivity contribution >= 4 is 107 Å². The van der Waals surface area contributed by atoms with Gasteiger partial charge in [-0.15, -0.1) is 0 Å². The first-order chi connectivity index (χ1) is 53.4. The second-order valence-electron chi connectivity index (χ2n) is 34.8. The quantitative estimate of drug-likeness (QED) is 0.0138. The standard InChI is InChI=1S/C16H28N2O2S.C15H26N2O2S.2C14H24N2O2S.2C13H22N2O2S/c1-6-18(7-2)9-11-20-10-8-17-13-12(16(3,4)5)15(21)14(13)19;1-6-17(5)8-10-19-9-7-16-12-11(15(2,3)4)14(20)13(12)18;1-14(2,3)10-11(12(17)13(10)19)15-6-8-18-9-7-16(4)5;1-14(2,3)10-11(12(17)13(10)19)16(5)7-9-18-8-6-15-4;1-13(2,3)9-10(11(16)12(9)18)15(4)6-8-17-7-5-14;1-13(2,3)9-10(11(16)12(9)18)15-6-8-17-7-5-14-4/h17H,6-11H2,1-5H3;16H,6-10H2,1-5H3;2*15H,6-9H2,1-5H3;5-8,14H2,1-4H3;14-15H,5-8H2,1-4H3. The Balaban J connectivity index is 0.000000691. The van der Waals surface area contributed by atoms with Crippen molar-refractivity contribution < 1.29 is 28.4 Å². The number of nitrogens with two attached hydrogens (primary N) is 1. The summed E-state index contributed by atoms with van der Waals surface area (Å²) >= 11 is 30.8. The maximum Gasteiger partial charge on any atom is 0.220 e. The monoisotopic (exact) mass is 1720 g/mol. The van der Waals surface area contributed by atoms with Crippen LogP contribution in [0.3, 0.4) is 0 Å². The molecule has 115 heavy (non-hydrogen) atoms. The average Bonchev–Trinajstić information content (AvgIpc) is 0.764. The largest absolute Gasteiger partial charge is 0.379 e. The predicted octanol–water partition coefficient (Wildman–Crippen LogP) is 11.6. The number of nitrogens with one attached hydrogen (secondary N) is 6. The second-order valence-corrected chi connectivity index (χ2v) is 37.3. The molecule has 0 radical (unpaired) electrons. The Kier molecular flexibility index (Phi) is 48.8. The van der Waals surface area contributed by atoms with Gasteiger partial charge in [0.1, 0.15) is 0 Å². The van der Waals surface area contributed by atoms with Crippen LogP contribution in [0, 0.1) is 27.1 Å². The molecule has 0 heterocycles. The van der Waals surface area contributed by atoms with E-state index < -0.39 is 0 Å². The fraction of sp³-hybridized carbons (Fsp3) is 0.718. The number of nitrogens with zero attached hydrogens (tertiary/aromatic N) is 5. The summed E-state index contributed by atoms with van der Waals surface area (Å²) in [5.41, 5.74) is 14.8. The lowest BCUT2D eigenvalue weighted by molar-refractivity contribution is 0.114. The molecule has 6 aromatic rings. The van der Waals surface area contributed by atoms with Crippen molar-refractivity contribution in [2.45, 2.75) is 178 Å².